The molecule has 38 heavy (non-hydrogen) atoms. The number of hydrogen-bond acceptors (Lipinski definition) is 6. The first-order valence-corrected chi connectivity index (χ1v) is 11.3. The van der Waals surface area contributed by atoms with E-state index in [1.807, 2.05) is 0 Å². The largest absolute Gasteiger partial charge is 0.481 e. The first kappa shape index (κ1) is 26.3. The summed E-state index contributed by atoms with van der Waals surface area (Å²) in [6.07, 6.45) is -0.912. The van der Waals surface area contributed by atoms with Crippen molar-refractivity contribution in [3.63, 3.8) is 0 Å². The van der Waals surface area contributed by atoms with Crippen LogP contribution in [0.25, 0.3) is 16.9 Å². The highest BCUT2D eigenvalue weighted by molar-refractivity contribution is 6.05. The number of carbonyl (C=O) groups is 2. The van der Waals surface area contributed by atoms with E-state index in [1.54, 1.807) is 62.4 Å². The lowest BCUT2D eigenvalue weighted by molar-refractivity contribution is -0.148. The summed E-state index contributed by atoms with van der Waals surface area (Å²) >= 11 is 0. The summed E-state index contributed by atoms with van der Waals surface area (Å²) in [5.41, 5.74) is -1.31. The van der Waals surface area contributed by atoms with Crippen LogP contribution in [0.5, 0.6) is 5.88 Å². The van der Waals surface area contributed by atoms with Crippen LogP contribution in [0.1, 0.15) is 29.9 Å². The second kappa shape index (κ2) is 10.3. The van der Waals surface area contributed by atoms with E-state index in [1.165, 1.54) is 18.5 Å². The smallest absolute Gasteiger partial charge is 0.435 e. The Morgan fingerprint density at radius 3 is 2.29 bits per heavy atom. The molecule has 2 N–H and O–H groups in total. The monoisotopic (exact) mass is 525 g/mol. The van der Waals surface area contributed by atoms with Crippen LogP contribution in [0.2, 0.25) is 0 Å². The summed E-state index contributed by atoms with van der Waals surface area (Å²) in [5, 5.41) is 15.2. The van der Waals surface area contributed by atoms with Crippen molar-refractivity contribution in [2.75, 3.05) is 11.9 Å². The minimum Gasteiger partial charge on any atom is -0.481 e. The molecule has 0 atom stereocenters. The van der Waals surface area contributed by atoms with Crippen molar-refractivity contribution < 1.29 is 32.6 Å². The molecule has 4 rings (SSSR count). The Kier molecular flexibility index (Phi) is 7.15. The Labute approximate surface area is 214 Å². The van der Waals surface area contributed by atoms with Gasteiger partial charge in [-0.25, -0.2) is 14.6 Å². The van der Waals surface area contributed by atoms with Gasteiger partial charge in [0.15, 0.2) is 11.5 Å². The maximum Gasteiger partial charge on any atom is 0.435 e. The van der Waals surface area contributed by atoms with E-state index in [0.29, 0.717) is 5.56 Å². The molecule has 9 nitrogen and oxygen atoms in total. The molecule has 0 bridgehead atoms. The number of nitrogens with zero attached hydrogens (tertiary/aromatic N) is 4. The van der Waals surface area contributed by atoms with Crippen molar-refractivity contribution >= 4 is 17.6 Å². The Morgan fingerprint density at radius 1 is 1.00 bits per heavy atom. The molecule has 0 radical (unpaired) electrons. The number of aromatic nitrogens is 4. The van der Waals surface area contributed by atoms with Crippen molar-refractivity contribution in [3.8, 4) is 22.8 Å². The molecule has 0 aliphatic heterocycles. The number of pyridine rings is 2. The molecular formula is C26H22F3N5O4. The number of amides is 1. The third-order valence-electron chi connectivity index (χ3n) is 5.48. The lowest BCUT2D eigenvalue weighted by Crippen LogP contribution is -2.30. The maximum absolute atomic E-state index is 13.6. The van der Waals surface area contributed by atoms with Crippen LogP contribution >= 0.6 is 0 Å². The van der Waals surface area contributed by atoms with Crippen LogP contribution in [0.4, 0.5) is 18.9 Å². The highest BCUT2D eigenvalue weighted by Gasteiger charge is 2.39. The molecule has 0 aliphatic rings. The molecule has 0 saturated heterocycles. The quantitative estimate of drug-likeness (QED) is 0.329. The molecule has 3 aromatic heterocycles. The zero-order chi connectivity index (χ0) is 27.5. The first-order valence-electron chi connectivity index (χ1n) is 11.3. The van der Waals surface area contributed by atoms with Crippen LogP contribution in [0.15, 0.2) is 73.2 Å². The van der Waals surface area contributed by atoms with Crippen LogP contribution in [-0.2, 0) is 11.0 Å². The van der Waals surface area contributed by atoms with Gasteiger partial charge in [0.2, 0.25) is 5.88 Å². The van der Waals surface area contributed by atoms with E-state index in [-0.39, 0.29) is 24.0 Å². The summed E-state index contributed by atoms with van der Waals surface area (Å²) in [4.78, 5) is 32.1. The number of rotatable bonds is 8. The zero-order valence-corrected chi connectivity index (χ0v) is 20.2. The van der Waals surface area contributed by atoms with Gasteiger partial charge in [-0.15, -0.1) is 0 Å². The number of nitrogens with one attached hydrogen (secondary N) is 1. The minimum atomic E-state index is -4.84. The molecule has 0 saturated carbocycles. The Balaban J connectivity index is 1.47. The van der Waals surface area contributed by atoms with Crippen molar-refractivity contribution in [3.05, 3.63) is 84.4 Å². The van der Waals surface area contributed by atoms with Crippen molar-refractivity contribution in [1.29, 1.82) is 0 Å². The van der Waals surface area contributed by atoms with Crippen LogP contribution in [-0.4, -0.2) is 43.3 Å². The van der Waals surface area contributed by atoms with Crippen LogP contribution in [0, 0.1) is 5.41 Å². The molecular weight excluding hydrogens is 503 g/mol. The number of halogens is 3. The molecule has 0 fully saturated rings. The number of carboxylic acids is 1. The summed E-state index contributed by atoms with van der Waals surface area (Å²) in [6.45, 7) is 3.03. The Bertz CT molecular complexity index is 1430. The molecule has 1 amide bonds. The number of aliphatic carboxylic acids is 1. The fraction of sp³-hybridized carbons (Fsp3) is 0.192. The number of anilines is 1. The number of carbonyl (C=O) groups excluding carboxylic acids is 1. The van der Waals surface area contributed by atoms with Gasteiger partial charge in [0.1, 0.15) is 6.61 Å². The van der Waals surface area contributed by atoms with Gasteiger partial charge in [0, 0.05) is 35.9 Å². The van der Waals surface area contributed by atoms with Gasteiger partial charge in [-0.05, 0) is 49.7 Å². The van der Waals surface area contributed by atoms with Gasteiger partial charge in [-0.2, -0.15) is 18.3 Å². The fourth-order valence-electron chi connectivity index (χ4n) is 3.25. The minimum absolute atomic E-state index is 0.0557. The van der Waals surface area contributed by atoms with E-state index in [4.69, 9.17) is 9.84 Å². The fourth-order valence-corrected chi connectivity index (χ4v) is 3.25. The molecule has 12 heteroatoms. The van der Waals surface area contributed by atoms with Gasteiger partial charge in [-0.1, -0.05) is 18.2 Å². The summed E-state index contributed by atoms with van der Waals surface area (Å²) < 4.78 is 47.1. The van der Waals surface area contributed by atoms with Crippen molar-refractivity contribution in [2.45, 2.75) is 20.0 Å². The van der Waals surface area contributed by atoms with Crippen molar-refractivity contribution in [1.82, 2.24) is 19.7 Å². The van der Waals surface area contributed by atoms with Crippen molar-refractivity contribution in [2.24, 2.45) is 5.41 Å². The summed E-state index contributed by atoms with van der Waals surface area (Å²) in [5.74, 6) is -1.56. The number of ether oxygens (including phenoxy) is 1. The van der Waals surface area contributed by atoms with Gasteiger partial charge >= 0.3 is 12.1 Å². The second-order valence-corrected chi connectivity index (χ2v) is 8.92. The van der Waals surface area contributed by atoms with Gasteiger partial charge in [0.25, 0.3) is 5.91 Å². The molecule has 3 heterocycles. The highest BCUT2D eigenvalue weighted by Crippen LogP contribution is 2.32. The van der Waals surface area contributed by atoms with E-state index >= 15 is 0 Å². The predicted octanol–water partition coefficient (Wildman–Crippen LogP) is 5.09. The third-order valence-corrected chi connectivity index (χ3v) is 5.48. The highest BCUT2D eigenvalue weighted by atomic mass is 19.4. The Morgan fingerprint density at radius 2 is 1.71 bits per heavy atom. The third kappa shape index (κ3) is 5.97. The molecule has 196 valence electrons. The van der Waals surface area contributed by atoms with E-state index in [0.717, 1.165) is 16.4 Å². The summed E-state index contributed by atoms with van der Waals surface area (Å²) in [6, 6.07) is 14.4. The van der Waals surface area contributed by atoms with Gasteiger partial charge in [-0.3, -0.25) is 9.59 Å². The standard InChI is InChI=1S/C26H22F3N5O4/c1-25(2,24(36)37)15-38-21-11-8-17(13-31-21)16-6-9-18(10-7-16)32-23(35)19-14-34(20-5-3-4-12-30-20)33-22(19)26(27,28)29/h3-14H,15H2,1-2H3,(H,32,35)(H,36,37). The van der Waals surface area contributed by atoms with E-state index < -0.39 is 34.7 Å². The van der Waals surface area contributed by atoms with E-state index in [9.17, 15) is 22.8 Å². The van der Waals surface area contributed by atoms with Gasteiger partial charge in [0.05, 0.1) is 11.0 Å². The lowest BCUT2D eigenvalue weighted by Gasteiger charge is -2.19. The van der Waals surface area contributed by atoms with Crippen LogP contribution in [0.3, 0.4) is 0 Å². The predicted molar refractivity (Wildman–Crippen MR) is 131 cm³/mol. The number of carboxylic acid groups (broad SMARTS) is 1. The summed E-state index contributed by atoms with van der Waals surface area (Å²) in [7, 11) is 0. The molecule has 1 aromatic carbocycles. The van der Waals surface area contributed by atoms with E-state index in [2.05, 4.69) is 20.4 Å². The zero-order valence-electron chi connectivity index (χ0n) is 20.2. The Hall–Kier alpha value is -4.74. The van der Waals surface area contributed by atoms with Crippen LogP contribution < -0.4 is 10.1 Å². The number of hydrogen-bond donors (Lipinski definition) is 2. The first-order chi connectivity index (χ1) is 17.9. The maximum atomic E-state index is 13.6. The topological polar surface area (TPSA) is 119 Å². The average molecular weight is 525 g/mol. The second-order valence-electron chi connectivity index (χ2n) is 8.92. The normalized spacial score (nSPS) is 11.7. The SMILES string of the molecule is CC(C)(COc1ccc(-c2ccc(NC(=O)c3cn(-c4ccccn4)nc3C(F)(F)F)cc2)cn1)C(=O)O. The molecule has 0 aliphatic carbocycles. The lowest BCUT2D eigenvalue weighted by atomic mass is 9.95. The molecule has 4 aromatic rings. The number of alkyl halides is 3. The molecule has 0 spiro atoms. The molecule has 0 unspecified atom stereocenters. The van der Waals surface area contributed by atoms with Gasteiger partial charge < -0.3 is 15.2 Å². The average Bonchev–Trinajstić information content (AvgIpc) is 3.36. The number of benzene rings is 1.